The third-order valence-electron chi connectivity index (χ3n) is 4.31. The molecule has 3 atom stereocenters. The topological polar surface area (TPSA) is 24.9 Å². The molecule has 1 N–H and O–H groups in total. The Kier molecular flexibility index (Phi) is 5.77. The van der Waals surface area contributed by atoms with Gasteiger partial charge in [-0.05, 0) is 39.4 Å². The smallest absolute Gasteiger partial charge is 0.0985 e. The summed E-state index contributed by atoms with van der Waals surface area (Å²) in [4.78, 5) is 6.22. The van der Waals surface area contributed by atoms with Gasteiger partial charge in [-0.1, -0.05) is 27.2 Å². The molecule has 1 aromatic heterocycles. The van der Waals surface area contributed by atoms with Gasteiger partial charge < -0.3 is 5.32 Å². The molecule has 21 heavy (non-hydrogen) atoms. The van der Waals surface area contributed by atoms with Crippen molar-refractivity contribution < 1.29 is 0 Å². The zero-order valence-electron chi connectivity index (χ0n) is 14.3. The normalized spacial score (nSPS) is 25.0. The van der Waals surface area contributed by atoms with Crippen LogP contribution in [0.15, 0.2) is 0 Å². The number of aromatic nitrogens is 1. The highest BCUT2D eigenvalue weighted by Gasteiger charge is 2.26. The third-order valence-corrected chi connectivity index (χ3v) is 7.17. The summed E-state index contributed by atoms with van der Waals surface area (Å²) in [5.41, 5.74) is 1.37. The molecule has 0 saturated heterocycles. The zero-order valence-corrected chi connectivity index (χ0v) is 16.0. The number of thiazole rings is 1. The van der Waals surface area contributed by atoms with Crippen LogP contribution in [0.5, 0.6) is 0 Å². The van der Waals surface area contributed by atoms with Crippen LogP contribution < -0.4 is 5.32 Å². The summed E-state index contributed by atoms with van der Waals surface area (Å²) >= 11 is 3.92. The summed E-state index contributed by atoms with van der Waals surface area (Å²) < 4.78 is 0. The monoisotopic (exact) mass is 326 g/mol. The molecule has 0 spiro atoms. The van der Waals surface area contributed by atoms with Crippen LogP contribution in [0.1, 0.15) is 75.0 Å². The van der Waals surface area contributed by atoms with Gasteiger partial charge >= 0.3 is 0 Å². The maximum Gasteiger partial charge on any atom is 0.0985 e. The summed E-state index contributed by atoms with van der Waals surface area (Å²) in [5.74, 6) is 0. The third kappa shape index (κ3) is 4.46. The molecule has 0 aromatic carbocycles. The minimum Gasteiger partial charge on any atom is -0.307 e. The van der Waals surface area contributed by atoms with E-state index >= 15 is 0 Å². The van der Waals surface area contributed by atoms with Gasteiger partial charge in [0.2, 0.25) is 0 Å². The predicted octanol–water partition coefficient (Wildman–Crippen LogP) is 5.07. The van der Waals surface area contributed by atoms with Crippen molar-refractivity contribution >= 4 is 23.1 Å². The minimum atomic E-state index is 0.155. The molecule has 1 heterocycles. The maximum atomic E-state index is 4.80. The number of nitrogens with zero attached hydrogens (tertiary/aromatic N) is 1. The Morgan fingerprint density at radius 2 is 2.05 bits per heavy atom. The van der Waals surface area contributed by atoms with Gasteiger partial charge in [0.1, 0.15) is 0 Å². The van der Waals surface area contributed by atoms with Crippen molar-refractivity contribution in [3.8, 4) is 0 Å². The Labute approximate surface area is 138 Å². The van der Waals surface area contributed by atoms with Gasteiger partial charge in [-0.15, -0.1) is 11.3 Å². The highest BCUT2D eigenvalue weighted by molar-refractivity contribution is 7.99. The van der Waals surface area contributed by atoms with Crippen LogP contribution in [0.3, 0.4) is 0 Å². The quantitative estimate of drug-likeness (QED) is 0.836. The van der Waals surface area contributed by atoms with E-state index in [9.17, 15) is 0 Å². The first kappa shape index (κ1) is 17.3. The molecular formula is C17H30N2S2. The summed E-state index contributed by atoms with van der Waals surface area (Å²) in [5, 5.41) is 5.96. The van der Waals surface area contributed by atoms with Crippen molar-refractivity contribution in [2.75, 3.05) is 6.26 Å². The van der Waals surface area contributed by atoms with Crippen molar-refractivity contribution in [2.24, 2.45) is 0 Å². The van der Waals surface area contributed by atoms with Crippen molar-refractivity contribution in [1.29, 1.82) is 0 Å². The first-order valence-corrected chi connectivity index (χ1v) is 10.2. The number of thioether (sulfide) groups is 1. The van der Waals surface area contributed by atoms with Crippen LogP contribution in [0.4, 0.5) is 0 Å². The van der Waals surface area contributed by atoms with Crippen molar-refractivity contribution in [3.63, 3.8) is 0 Å². The maximum absolute atomic E-state index is 4.80. The Balaban J connectivity index is 2.03. The molecule has 1 aliphatic carbocycles. The molecule has 0 bridgehead atoms. The Hall–Kier alpha value is -0.0600. The van der Waals surface area contributed by atoms with Crippen LogP contribution in [-0.2, 0) is 5.41 Å². The van der Waals surface area contributed by atoms with E-state index in [1.54, 1.807) is 0 Å². The lowest BCUT2D eigenvalue weighted by Gasteiger charge is -2.31. The largest absolute Gasteiger partial charge is 0.307 e. The fourth-order valence-corrected chi connectivity index (χ4v) is 5.03. The van der Waals surface area contributed by atoms with Crippen LogP contribution in [-0.4, -0.2) is 22.5 Å². The number of aryl methyl sites for hydroxylation is 1. The second-order valence-corrected chi connectivity index (χ2v) is 9.50. The lowest BCUT2D eigenvalue weighted by molar-refractivity contribution is 0.354. The highest BCUT2D eigenvalue weighted by Crippen LogP contribution is 2.34. The molecule has 4 heteroatoms. The molecule has 1 aliphatic rings. The van der Waals surface area contributed by atoms with E-state index in [1.807, 2.05) is 23.1 Å². The lowest BCUT2D eigenvalue weighted by Crippen LogP contribution is -2.36. The Morgan fingerprint density at radius 1 is 1.33 bits per heavy atom. The highest BCUT2D eigenvalue weighted by atomic mass is 32.2. The van der Waals surface area contributed by atoms with E-state index in [1.165, 1.54) is 41.3 Å². The second kappa shape index (κ2) is 7.01. The van der Waals surface area contributed by atoms with E-state index in [-0.39, 0.29) is 5.41 Å². The zero-order chi connectivity index (χ0) is 15.6. The molecule has 1 saturated carbocycles. The van der Waals surface area contributed by atoms with Gasteiger partial charge in [0.25, 0.3) is 0 Å². The van der Waals surface area contributed by atoms with Crippen LogP contribution in [0, 0.1) is 6.92 Å². The average Bonchev–Trinajstić information content (AvgIpc) is 2.81. The van der Waals surface area contributed by atoms with E-state index in [0.29, 0.717) is 12.1 Å². The van der Waals surface area contributed by atoms with Crippen LogP contribution in [0.2, 0.25) is 0 Å². The van der Waals surface area contributed by atoms with E-state index in [4.69, 9.17) is 4.98 Å². The number of hydrogen-bond donors (Lipinski definition) is 1. The summed E-state index contributed by atoms with van der Waals surface area (Å²) in [6.07, 6.45) is 7.65. The van der Waals surface area contributed by atoms with Gasteiger partial charge in [0.15, 0.2) is 0 Å². The van der Waals surface area contributed by atoms with Crippen LogP contribution >= 0.6 is 23.1 Å². The molecule has 3 unspecified atom stereocenters. The molecule has 1 aromatic rings. The summed E-state index contributed by atoms with van der Waals surface area (Å²) in [6, 6.07) is 1.09. The van der Waals surface area contributed by atoms with Crippen LogP contribution in [0.25, 0.3) is 0 Å². The molecule has 0 aliphatic heterocycles. The van der Waals surface area contributed by atoms with Gasteiger partial charge in [-0.3, -0.25) is 0 Å². The first-order valence-electron chi connectivity index (χ1n) is 8.08. The van der Waals surface area contributed by atoms with Gasteiger partial charge in [0, 0.05) is 27.6 Å². The first-order chi connectivity index (χ1) is 9.81. The number of rotatable bonds is 4. The fraction of sp³-hybridized carbons (Fsp3) is 0.824. The van der Waals surface area contributed by atoms with Gasteiger partial charge in [-0.2, -0.15) is 11.8 Å². The van der Waals surface area contributed by atoms with E-state index in [0.717, 1.165) is 5.25 Å². The molecule has 0 amide bonds. The van der Waals surface area contributed by atoms with Crippen molar-refractivity contribution in [2.45, 2.75) is 83.1 Å². The number of nitrogens with one attached hydrogen (secondary N) is 1. The summed E-state index contributed by atoms with van der Waals surface area (Å²) in [7, 11) is 0. The predicted molar refractivity (Wildman–Crippen MR) is 96.7 cm³/mol. The molecule has 2 nitrogen and oxygen atoms in total. The molecule has 1 fully saturated rings. The Bertz CT molecular complexity index is 462. The van der Waals surface area contributed by atoms with Gasteiger partial charge in [0.05, 0.1) is 10.7 Å². The van der Waals surface area contributed by atoms with Crippen molar-refractivity contribution in [3.05, 3.63) is 15.6 Å². The molecule has 0 radical (unpaired) electrons. The van der Waals surface area contributed by atoms with E-state index < -0.39 is 0 Å². The minimum absolute atomic E-state index is 0.155. The second-order valence-electron chi connectivity index (χ2n) is 7.33. The fourth-order valence-electron chi connectivity index (χ4n) is 3.07. The molecular weight excluding hydrogens is 296 g/mol. The Morgan fingerprint density at radius 3 is 2.62 bits per heavy atom. The summed E-state index contributed by atoms with van der Waals surface area (Å²) in [6.45, 7) is 11.2. The lowest BCUT2D eigenvalue weighted by atomic mass is 9.94. The van der Waals surface area contributed by atoms with E-state index in [2.05, 4.69) is 46.2 Å². The standard InChI is InChI=1S/C17H30N2S2/c1-11(18-13-8-7-9-14(10-13)20-6)15-12(2)19-16(21-15)17(3,4)5/h11,13-14,18H,7-10H2,1-6H3. The molecule has 120 valence electrons. The van der Waals surface area contributed by atoms with Gasteiger partial charge in [-0.25, -0.2) is 4.98 Å². The van der Waals surface area contributed by atoms with Crippen molar-refractivity contribution in [1.82, 2.24) is 10.3 Å². The SMILES string of the molecule is CSC1CCCC(NC(C)c2sc(C(C)(C)C)nc2C)C1. The molecule has 2 rings (SSSR count). The average molecular weight is 327 g/mol. The number of hydrogen-bond acceptors (Lipinski definition) is 4.